The van der Waals surface area contributed by atoms with Crippen LogP contribution in [0.2, 0.25) is 0 Å². The number of ether oxygens (including phenoxy) is 1. The molecule has 0 aliphatic rings. The third-order valence-corrected chi connectivity index (χ3v) is 3.28. The van der Waals surface area contributed by atoms with Gasteiger partial charge in [-0.15, -0.1) is 0 Å². The van der Waals surface area contributed by atoms with Crippen molar-refractivity contribution in [1.82, 2.24) is 0 Å². The molecule has 0 spiro atoms. The van der Waals surface area contributed by atoms with Crippen LogP contribution < -0.4 is 10.5 Å². The number of rotatable bonds is 7. The Kier molecular flexibility index (Phi) is 5.55. The molecule has 3 heteroatoms. The zero-order valence-electron chi connectivity index (χ0n) is 12.0. The first-order valence-electron chi connectivity index (χ1n) is 7.01. The summed E-state index contributed by atoms with van der Waals surface area (Å²) < 4.78 is 5.75. The van der Waals surface area contributed by atoms with E-state index in [4.69, 9.17) is 15.6 Å². The minimum absolute atomic E-state index is 0.00104. The lowest BCUT2D eigenvalue weighted by Crippen LogP contribution is -2.26. The Balaban J connectivity index is 1.89. The van der Waals surface area contributed by atoms with Crippen LogP contribution in [-0.4, -0.2) is 17.8 Å². The molecule has 0 fully saturated rings. The summed E-state index contributed by atoms with van der Waals surface area (Å²) in [6, 6.07) is 15.7. The summed E-state index contributed by atoms with van der Waals surface area (Å²) in [4.78, 5) is 0. The van der Waals surface area contributed by atoms with Gasteiger partial charge in [0.05, 0.1) is 6.61 Å². The SMILES string of the molecule is C=Cc1ccc(COc2ccc(C[C@H](N)CO)cc2)cc1. The van der Waals surface area contributed by atoms with Gasteiger partial charge in [-0.1, -0.05) is 49.1 Å². The molecule has 2 aromatic rings. The summed E-state index contributed by atoms with van der Waals surface area (Å²) in [6.45, 7) is 4.27. The Bertz CT molecular complexity index is 561. The van der Waals surface area contributed by atoms with Crippen molar-refractivity contribution < 1.29 is 9.84 Å². The molecule has 0 aromatic heterocycles. The van der Waals surface area contributed by atoms with Gasteiger partial charge in [0, 0.05) is 6.04 Å². The third-order valence-electron chi connectivity index (χ3n) is 3.28. The molecule has 0 bridgehead atoms. The van der Waals surface area contributed by atoms with E-state index in [0.717, 1.165) is 22.4 Å². The number of benzene rings is 2. The Morgan fingerprint density at radius 2 is 1.67 bits per heavy atom. The van der Waals surface area contributed by atoms with Crippen LogP contribution in [0.3, 0.4) is 0 Å². The van der Waals surface area contributed by atoms with E-state index in [0.29, 0.717) is 13.0 Å². The van der Waals surface area contributed by atoms with Crippen LogP contribution in [0.15, 0.2) is 55.1 Å². The van der Waals surface area contributed by atoms with Crippen molar-refractivity contribution in [2.75, 3.05) is 6.61 Å². The molecule has 21 heavy (non-hydrogen) atoms. The first kappa shape index (κ1) is 15.3. The highest BCUT2D eigenvalue weighted by molar-refractivity contribution is 5.47. The molecular formula is C18H21NO2. The number of aliphatic hydroxyl groups excluding tert-OH is 1. The fraction of sp³-hybridized carbons (Fsp3) is 0.222. The van der Waals surface area contributed by atoms with E-state index in [-0.39, 0.29) is 12.6 Å². The molecule has 0 aliphatic carbocycles. The summed E-state index contributed by atoms with van der Waals surface area (Å²) >= 11 is 0. The average molecular weight is 283 g/mol. The normalized spacial score (nSPS) is 11.9. The molecule has 0 heterocycles. The van der Waals surface area contributed by atoms with Crippen LogP contribution in [0.4, 0.5) is 0 Å². The number of nitrogens with two attached hydrogens (primary N) is 1. The highest BCUT2D eigenvalue weighted by Gasteiger charge is 2.03. The van der Waals surface area contributed by atoms with Gasteiger partial charge in [0.25, 0.3) is 0 Å². The second kappa shape index (κ2) is 7.62. The fourth-order valence-corrected chi connectivity index (χ4v) is 2.01. The zero-order chi connectivity index (χ0) is 15.1. The lowest BCUT2D eigenvalue weighted by molar-refractivity contribution is 0.265. The predicted octanol–water partition coefficient (Wildman–Crippen LogP) is 2.77. The molecule has 0 saturated heterocycles. The largest absolute Gasteiger partial charge is 0.489 e. The zero-order valence-corrected chi connectivity index (χ0v) is 12.0. The quantitative estimate of drug-likeness (QED) is 0.821. The van der Waals surface area contributed by atoms with Gasteiger partial charge in [0.15, 0.2) is 0 Å². The van der Waals surface area contributed by atoms with E-state index in [1.807, 2.05) is 54.6 Å². The lowest BCUT2D eigenvalue weighted by Gasteiger charge is -2.10. The van der Waals surface area contributed by atoms with Crippen molar-refractivity contribution >= 4 is 6.08 Å². The minimum atomic E-state index is -0.208. The predicted molar refractivity (Wildman–Crippen MR) is 86.1 cm³/mol. The van der Waals surface area contributed by atoms with E-state index in [2.05, 4.69) is 6.58 Å². The summed E-state index contributed by atoms with van der Waals surface area (Å²) in [6.07, 6.45) is 2.49. The molecule has 2 aromatic carbocycles. The van der Waals surface area contributed by atoms with Crippen LogP contribution in [0, 0.1) is 0 Å². The molecule has 2 rings (SSSR count). The van der Waals surface area contributed by atoms with Crippen LogP contribution in [-0.2, 0) is 13.0 Å². The molecule has 0 saturated carbocycles. The second-order valence-electron chi connectivity index (χ2n) is 5.03. The minimum Gasteiger partial charge on any atom is -0.489 e. The lowest BCUT2D eigenvalue weighted by atomic mass is 10.1. The van der Waals surface area contributed by atoms with Crippen LogP contribution >= 0.6 is 0 Å². The first-order chi connectivity index (χ1) is 10.2. The topological polar surface area (TPSA) is 55.5 Å². The van der Waals surface area contributed by atoms with E-state index in [9.17, 15) is 0 Å². The average Bonchev–Trinajstić information content (AvgIpc) is 2.54. The maximum atomic E-state index is 8.94. The molecule has 110 valence electrons. The van der Waals surface area contributed by atoms with Crippen molar-refractivity contribution in [1.29, 1.82) is 0 Å². The van der Waals surface area contributed by atoms with Crippen LogP contribution in [0.25, 0.3) is 6.08 Å². The molecule has 0 radical (unpaired) electrons. The van der Waals surface area contributed by atoms with Gasteiger partial charge >= 0.3 is 0 Å². The van der Waals surface area contributed by atoms with Gasteiger partial charge in [-0.2, -0.15) is 0 Å². The van der Waals surface area contributed by atoms with Crippen LogP contribution in [0.1, 0.15) is 16.7 Å². The molecule has 0 amide bonds. The fourth-order valence-electron chi connectivity index (χ4n) is 2.01. The van der Waals surface area contributed by atoms with E-state index < -0.39 is 0 Å². The van der Waals surface area contributed by atoms with E-state index in [1.165, 1.54) is 0 Å². The van der Waals surface area contributed by atoms with Crippen LogP contribution in [0.5, 0.6) is 5.75 Å². The second-order valence-corrected chi connectivity index (χ2v) is 5.03. The van der Waals surface area contributed by atoms with Gasteiger partial charge in [-0.05, 0) is 35.2 Å². The van der Waals surface area contributed by atoms with Gasteiger partial charge in [0.2, 0.25) is 0 Å². The van der Waals surface area contributed by atoms with Gasteiger partial charge in [-0.3, -0.25) is 0 Å². The summed E-state index contributed by atoms with van der Waals surface area (Å²) in [5.74, 6) is 0.823. The summed E-state index contributed by atoms with van der Waals surface area (Å²) in [5, 5.41) is 8.94. The Hall–Kier alpha value is -2.10. The summed E-state index contributed by atoms with van der Waals surface area (Å²) in [5.41, 5.74) is 9.03. The highest BCUT2D eigenvalue weighted by atomic mass is 16.5. The van der Waals surface area contributed by atoms with Crippen molar-refractivity contribution in [2.24, 2.45) is 5.73 Å². The standard InChI is InChI=1S/C18H21NO2/c1-2-14-3-5-16(6-4-14)13-21-18-9-7-15(8-10-18)11-17(19)12-20/h2-10,17,20H,1,11-13,19H2/t17-/m0/s1. The van der Waals surface area contributed by atoms with E-state index in [1.54, 1.807) is 0 Å². The number of hydrogen-bond donors (Lipinski definition) is 2. The van der Waals surface area contributed by atoms with Crippen molar-refractivity contribution in [3.8, 4) is 5.75 Å². The smallest absolute Gasteiger partial charge is 0.119 e. The van der Waals surface area contributed by atoms with Gasteiger partial charge in [-0.25, -0.2) is 0 Å². The molecule has 0 aliphatic heterocycles. The number of hydrogen-bond acceptors (Lipinski definition) is 3. The molecule has 0 unspecified atom stereocenters. The monoisotopic (exact) mass is 283 g/mol. The first-order valence-corrected chi connectivity index (χ1v) is 7.01. The molecule has 3 nitrogen and oxygen atoms in total. The van der Waals surface area contributed by atoms with E-state index >= 15 is 0 Å². The van der Waals surface area contributed by atoms with Crippen molar-refractivity contribution in [3.05, 3.63) is 71.8 Å². The highest BCUT2D eigenvalue weighted by Crippen LogP contribution is 2.15. The third kappa shape index (κ3) is 4.74. The van der Waals surface area contributed by atoms with Crippen molar-refractivity contribution in [2.45, 2.75) is 19.1 Å². The Labute approximate surface area is 125 Å². The van der Waals surface area contributed by atoms with Crippen molar-refractivity contribution in [3.63, 3.8) is 0 Å². The molecule has 1 atom stereocenters. The Morgan fingerprint density at radius 3 is 2.24 bits per heavy atom. The maximum Gasteiger partial charge on any atom is 0.119 e. The number of aliphatic hydroxyl groups is 1. The Morgan fingerprint density at radius 1 is 1.05 bits per heavy atom. The van der Waals surface area contributed by atoms with Gasteiger partial charge < -0.3 is 15.6 Å². The maximum absolute atomic E-state index is 8.94. The van der Waals surface area contributed by atoms with Gasteiger partial charge in [0.1, 0.15) is 12.4 Å². The molecule has 3 N–H and O–H groups in total. The molecular weight excluding hydrogens is 262 g/mol. The summed E-state index contributed by atoms with van der Waals surface area (Å²) in [7, 11) is 0.